The first-order valence-corrected chi connectivity index (χ1v) is 23.6. The summed E-state index contributed by atoms with van der Waals surface area (Å²) in [6.45, 7) is 9.03. The molecule has 12 rings (SSSR count). The number of hydrogen-bond donors (Lipinski definition) is 0. The minimum atomic E-state index is -0.403. The average molecular weight is 869 g/mol. The van der Waals surface area contributed by atoms with Gasteiger partial charge in [-0.2, -0.15) is 0 Å². The molecule has 0 amide bonds. The Morgan fingerprint density at radius 1 is 0.422 bits per heavy atom. The Kier molecular flexibility index (Phi) is 11.9. The molecule has 0 saturated heterocycles. The zero-order valence-electron chi connectivity index (χ0n) is 37.6. The third-order valence-electron chi connectivity index (χ3n) is 15.5. The van der Waals surface area contributed by atoms with Gasteiger partial charge in [-0.1, -0.05) is 33.8 Å². The smallest absolute Gasteiger partial charge is 0.358 e. The largest absolute Gasteiger partial charge is 0.451 e. The summed E-state index contributed by atoms with van der Waals surface area (Å²) in [6.07, 6.45) is 26.8. The topological polar surface area (TPSA) is 157 Å². The summed E-state index contributed by atoms with van der Waals surface area (Å²) in [7, 11) is 0. The summed E-state index contributed by atoms with van der Waals surface area (Å²) < 4.78 is 22.5. The van der Waals surface area contributed by atoms with E-state index in [4.69, 9.17) is 18.9 Å². The van der Waals surface area contributed by atoms with E-state index in [1.807, 2.05) is 24.3 Å². The van der Waals surface area contributed by atoms with E-state index >= 15 is 0 Å². The van der Waals surface area contributed by atoms with E-state index in [0.717, 1.165) is 149 Å². The zero-order chi connectivity index (χ0) is 44.7. The van der Waals surface area contributed by atoms with Gasteiger partial charge in [0.25, 0.3) is 0 Å². The molecule has 4 saturated carbocycles. The lowest BCUT2D eigenvalue weighted by Crippen LogP contribution is -2.32. The van der Waals surface area contributed by atoms with Crippen LogP contribution in [0.1, 0.15) is 194 Å². The Morgan fingerprint density at radius 3 is 1.47 bits per heavy atom. The molecule has 4 spiro atoms. The molecule has 4 aliphatic heterocycles. The predicted octanol–water partition coefficient (Wildman–Crippen LogP) is 10.6. The quantitative estimate of drug-likeness (QED) is 0.122. The molecule has 8 heterocycles. The van der Waals surface area contributed by atoms with Gasteiger partial charge in [0.15, 0.2) is 11.3 Å². The Hall–Kier alpha value is -5.52. The number of hydrogen-bond acceptors (Lipinski definition) is 12. The lowest BCUT2D eigenvalue weighted by atomic mass is 9.76. The van der Waals surface area contributed by atoms with Gasteiger partial charge < -0.3 is 18.9 Å². The van der Waals surface area contributed by atoms with E-state index in [9.17, 15) is 19.2 Å². The Labute approximate surface area is 375 Å². The number of carbonyl (C=O) groups is 4. The van der Waals surface area contributed by atoms with Crippen LogP contribution in [0.25, 0.3) is 0 Å². The third-order valence-corrected chi connectivity index (χ3v) is 15.5. The van der Waals surface area contributed by atoms with E-state index in [0.29, 0.717) is 22.4 Å². The number of carbonyl (C=O) groups excluding carboxylic acids is 4. The van der Waals surface area contributed by atoms with Crippen LogP contribution in [0.2, 0.25) is 0 Å². The Bertz CT molecular complexity index is 2070. The van der Waals surface area contributed by atoms with Gasteiger partial charge in [0.05, 0.1) is 22.4 Å². The van der Waals surface area contributed by atoms with Crippen molar-refractivity contribution in [2.24, 2.45) is 23.7 Å². The minimum absolute atomic E-state index is 0.174. The number of pyridine rings is 4. The van der Waals surface area contributed by atoms with Crippen LogP contribution < -0.4 is 0 Å². The maximum atomic E-state index is 11.8. The van der Waals surface area contributed by atoms with E-state index in [1.165, 1.54) is 0 Å². The van der Waals surface area contributed by atoms with Crippen molar-refractivity contribution in [1.82, 2.24) is 19.9 Å². The number of nitrogens with zero attached hydrogens (tertiary/aromatic N) is 4. The minimum Gasteiger partial charge on any atom is -0.451 e. The van der Waals surface area contributed by atoms with Crippen molar-refractivity contribution in [1.29, 1.82) is 0 Å². The van der Waals surface area contributed by atoms with Gasteiger partial charge >= 0.3 is 23.9 Å². The SMILES string of the molecule is CC1CCC2(CC1)OC(=O)c1cccnc12.CC1CCC2(CC1)OC(=O)c1ccncc12.CC1CCC2(CC1)OC(=O)c1cnccc12.CC1CCC2(CC1)OC(=O)c1ncccc12. The van der Waals surface area contributed by atoms with Crippen LogP contribution in [0, 0.1) is 23.7 Å². The van der Waals surface area contributed by atoms with E-state index in [-0.39, 0.29) is 40.7 Å². The van der Waals surface area contributed by atoms with Crippen molar-refractivity contribution in [3.63, 3.8) is 0 Å². The number of aromatic nitrogens is 4. The van der Waals surface area contributed by atoms with Gasteiger partial charge in [-0.15, -0.1) is 0 Å². The van der Waals surface area contributed by atoms with Gasteiger partial charge in [-0.3, -0.25) is 15.0 Å². The van der Waals surface area contributed by atoms with Crippen molar-refractivity contribution in [3.8, 4) is 0 Å². The maximum absolute atomic E-state index is 11.8. The van der Waals surface area contributed by atoms with Crippen LogP contribution in [-0.2, 0) is 41.4 Å². The highest BCUT2D eigenvalue weighted by molar-refractivity contribution is 5.95. The molecular formula is C52H60N4O8. The summed E-state index contributed by atoms with van der Waals surface area (Å²) in [4.78, 5) is 63.6. The molecule has 4 aliphatic carbocycles. The number of ether oxygens (including phenoxy) is 4. The Balaban J connectivity index is 0.000000108. The van der Waals surface area contributed by atoms with Crippen LogP contribution in [-0.4, -0.2) is 43.8 Å². The molecule has 0 atom stereocenters. The van der Waals surface area contributed by atoms with Crippen molar-refractivity contribution >= 4 is 23.9 Å². The summed E-state index contributed by atoms with van der Waals surface area (Å²) in [5, 5.41) is 0. The molecular weight excluding hydrogens is 809 g/mol. The summed E-state index contributed by atoms with van der Waals surface area (Å²) >= 11 is 0. The molecule has 336 valence electrons. The molecule has 0 radical (unpaired) electrons. The molecule has 0 aromatic carbocycles. The fourth-order valence-electron chi connectivity index (χ4n) is 11.3. The number of esters is 4. The number of fused-ring (bicyclic) bond motifs is 8. The Morgan fingerprint density at radius 2 is 0.859 bits per heavy atom. The predicted molar refractivity (Wildman–Crippen MR) is 236 cm³/mol. The second-order valence-electron chi connectivity index (χ2n) is 19.9. The first-order valence-electron chi connectivity index (χ1n) is 23.6. The summed E-state index contributed by atoms with van der Waals surface area (Å²) in [5.41, 5.74) is 5.06. The van der Waals surface area contributed by atoms with Crippen molar-refractivity contribution in [3.05, 3.63) is 118 Å². The van der Waals surface area contributed by atoms with Crippen LogP contribution in [0.3, 0.4) is 0 Å². The first-order chi connectivity index (χ1) is 30.8. The summed E-state index contributed by atoms with van der Waals surface area (Å²) in [6, 6.07) is 11.2. The normalized spacial score (nSPS) is 32.6. The zero-order valence-corrected chi connectivity index (χ0v) is 37.6. The molecule has 4 fully saturated rings. The van der Waals surface area contributed by atoms with Gasteiger partial charge in [-0.05, 0) is 157 Å². The highest BCUT2D eigenvalue weighted by Crippen LogP contribution is 2.51. The molecule has 8 aliphatic rings. The van der Waals surface area contributed by atoms with Crippen molar-refractivity contribution in [2.45, 2.75) is 153 Å². The first kappa shape index (κ1) is 43.7. The lowest BCUT2D eigenvalue weighted by Gasteiger charge is -2.35. The molecule has 64 heavy (non-hydrogen) atoms. The highest BCUT2D eigenvalue weighted by atomic mass is 16.6. The van der Waals surface area contributed by atoms with Crippen LogP contribution in [0.5, 0.6) is 0 Å². The second-order valence-corrected chi connectivity index (χ2v) is 19.9. The molecule has 0 unspecified atom stereocenters. The standard InChI is InChI=1S/4C13H15NO2/c1-9-2-5-13(6-3-9)11-4-7-14-8-10(11)12(15)16-13;1-9-2-5-13(6-3-9)11-8-14-7-4-10(11)12(15)16-13;1-9-4-6-13(7-5-9)10-3-2-8-14-11(10)12(15)16-13;1-9-4-6-13(7-5-9)11-10(12(15)16-13)3-2-8-14-11/h2*4,7-9H,2-3,5-6H2,1H3;2*2-3,8-9H,4-7H2,1H3. The molecule has 12 nitrogen and oxygen atoms in total. The van der Waals surface area contributed by atoms with E-state index < -0.39 is 5.60 Å². The van der Waals surface area contributed by atoms with Crippen LogP contribution in [0.15, 0.2) is 73.6 Å². The monoisotopic (exact) mass is 868 g/mol. The van der Waals surface area contributed by atoms with Gasteiger partial charge in [-0.25, -0.2) is 24.2 Å². The van der Waals surface area contributed by atoms with Gasteiger partial charge in [0, 0.05) is 53.9 Å². The second kappa shape index (κ2) is 17.5. The molecule has 12 heteroatoms. The highest BCUT2D eigenvalue weighted by Gasteiger charge is 2.51. The molecule has 0 bridgehead atoms. The van der Waals surface area contributed by atoms with Crippen LogP contribution >= 0.6 is 0 Å². The molecule has 0 N–H and O–H groups in total. The van der Waals surface area contributed by atoms with E-state index in [2.05, 4.69) is 47.6 Å². The molecule has 4 aromatic rings. The van der Waals surface area contributed by atoms with Crippen LogP contribution in [0.4, 0.5) is 0 Å². The van der Waals surface area contributed by atoms with Crippen molar-refractivity contribution < 1.29 is 38.1 Å². The summed E-state index contributed by atoms with van der Waals surface area (Å²) in [5.74, 6) is 2.15. The van der Waals surface area contributed by atoms with E-state index in [1.54, 1.807) is 49.3 Å². The fourth-order valence-corrected chi connectivity index (χ4v) is 11.3. The number of rotatable bonds is 0. The van der Waals surface area contributed by atoms with Gasteiger partial charge in [0.2, 0.25) is 0 Å². The average Bonchev–Trinajstić information content (AvgIpc) is 3.97. The third kappa shape index (κ3) is 8.10. The fraction of sp³-hybridized carbons (Fsp3) is 0.538. The maximum Gasteiger partial charge on any atom is 0.358 e. The lowest BCUT2D eigenvalue weighted by molar-refractivity contribution is -0.0369. The van der Waals surface area contributed by atoms with Gasteiger partial charge in [0.1, 0.15) is 16.8 Å². The van der Waals surface area contributed by atoms with Crippen molar-refractivity contribution in [2.75, 3.05) is 0 Å². The molecule has 4 aromatic heterocycles.